The number of benzene rings is 1. The molecule has 0 bridgehead atoms. The third-order valence-electron chi connectivity index (χ3n) is 2.31. The summed E-state index contributed by atoms with van der Waals surface area (Å²) < 4.78 is 1.99. The number of hydrogen-bond donors (Lipinski definition) is 1. The second-order valence-electron chi connectivity index (χ2n) is 3.39. The lowest BCUT2D eigenvalue weighted by atomic mass is 10.1. The van der Waals surface area contributed by atoms with E-state index in [4.69, 9.17) is 5.11 Å². The van der Waals surface area contributed by atoms with Crippen LogP contribution in [0.25, 0.3) is 10.9 Å². The van der Waals surface area contributed by atoms with E-state index in [0.717, 1.165) is 16.5 Å². The zero-order chi connectivity index (χ0) is 10.1. The largest absolute Gasteiger partial charge is 0.481 e. The van der Waals surface area contributed by atoms with Gasteiger partial charge in [0.25, 0.3) is 0 Å². The van der Waals surface area contributed by atoms with Crippen LogP contribution in [0.15, 0.2) is 30.5 Å². The van der Waals surface area contributed by atoms with Gasteiger partial charge < -0.3 is 9.67 Å². The van der Waals surface area contributed by atoms with E-state index >= 15 is 0 Å². The number of carboxylic acids is 1. The van der Waals surface area contributed by atoms with Crippen LogP contribution in [0.2, 0.25) is 0 Å². The Morgan fingerprint density at radius 1 is 1.43 bits per heavy atom. The number of aryl methyl sites for hydroxylation is 1. The molecule has 0 aliphatic heterocycles. The summed E-state index contributed by atoms with van der Waals surface area (Å²) >= 11 is 0. The highest BCUT2D eigenvalue weighted by Gasteiger charge is 2.03. The van der Waals surface area contributed by atoms with Gasteiger partial charge in [-0.25, -0.2) is 0 Å². The monoisotopic (exact) mass is 189 g/mol. The maximum absolute atomic E-state index is 10.5. The number of hydrogen-bond acceptors (Lipinski definition) is 1. The van der Waals surface area contributed by atoms with Gasteiger partial charge in [-0.15, -0.1) is 0 Å². The molecule has 0 saturated heterocycles. The molecular weight excluding hydrogens is 178 g/mol. The van der Waals surface area contributed by atoms with Crippen LogP contribution in [0, 0.1) is 0 Å². The quantitative estimate of drug-likeness (QED) is 0.782. The van der Waals surface area contributed by atoms with Crippen molar-refractivity contribution in [3.8, 4) is 0 Å². The third-order valence-corrected chi connectivity index (χ3v) is 2.31. The summed E-state index contributed by atoms with van der Waals surface area (Å²) in [5.41, 5.74) is 1.91. The van der Waals surface area contributed by atoms with Crippen LogP contribution in [0.1, 0.15) is 5.56 Å². The lowest BCUT2D eigenvalue weighted by Crippen LogP contribution is -1.99. The molecule has 72 valence electrons. The highest BCUT2D eigenvalue weighted by atomic mass is 16.4. The number of aromatic nitrogens is 1. The molecule has 0 aliphatic rings. The Balaban J connectivity index is 2.49. The van der Waals surface area contributed by atoms with Gasteiger partial charge in [0.05, 0.1) is 6.42 Å². The predicted molar refractivity (Wildman–Crippen MR) is 54.3 cm³/mol. The maximum Gasteiger partial charge on any atom is 0.307 e. The fraction of sp³-hybridized carbons (Fsp3) is 0.182. The average Bonchev–Trinajstić information content (AvgIpc) is 2.47. The summed E-state index contributed by atoms with van der Waals surface area (Å²) in [4.78, 5) is 10.5. The van der Waals surface area contributed by atoms with Gasteiger partial charge in [-0.05, 0) is 23.1 Å². The van der Waals surface area contributed by atoms with Crippen LogP contribution in [0.5, 0.6) is 0 Å². The van der Waals surface area contributed by atoms with Gasteiger partial charge in [0, 0.05) is 18.8 Å². The van der Waals surface area contributed by atoms with E-state index in [2.05, 4.69) is 0 Å². The first-order chi connectivity index (χ1) is 6.66. The molecule has 0 fully saturated rings. The molecule has 0 atom stereocenters. The lowest BCUT2D eigenvalue weighted by Gasteiger charge is -1.99. The van der Waals surface area contributed by atoms with Crippen LogP contribution in [0.3, 0.4) is 0 Å². The number of aliphatic carboxylic acids is 1. The summed E-state index contributed by atoms with van der Waals surface area (Å²) in [5.74, 6) is -0.793. The molecule has 0 spiro atoms. The van der Waals surface area contributed by atoms with E-state index in [1.54, 1.807) is 0 Å². The van der Waals surface area contributed by atoms with E-state index in [-0.39, 0.29) is 6.42 Å². The number of nitrogens with zero attached hydrogens (tertiary/aromatic N) is 1. The van der Waals surface area contributed by atoms with Gasteiger partial charge in [-0.1, -0.05) is 12.1 Å². The summed E-state index contributed by atoms with van der Waals surface area (Å²) in [6.07, 6.45) is 2.05. The molecule has 1 aromatic heterocycles. The summed E-state index contributed by atoms with van der Waals surface area (Å²) in [7, 11) is 1.95. The van der Waals surface area contributed by atoms with Gasteiger partial charge in [-0.3, -0.25) is 4.79 Å². The average molecular weight is 189 g/mol. The highest BCUT2D eigenvalue weighted by Crippen LogP contribution is 2.16. The fourth-order valence-electron chi connectivity index (χ4n) is 1.59. The van der Waals surface area contributed by atoms with E-state index in [0.29, 0.717) is 0 Å². The van der Waals surface area contributed by atoms with Crippen LogP contribution >= 0.6 is 0 Å². The van der Waals surface area contributed by atoms with Gasteiger partial charge in [-0.2, -0.15) is 0 Å². The molecule has 1 N–H and O–H groups in total. The van der Waals surface area contributed by atoms with Crippen molar-refractivity contribution in [1.82, 2.24) is 4.57 Å². The minimum Gasteiger partial charge on any atom is -0.481 e. The molecule has 0 unspecified atom stereocenters. The minimum atomic E-state index is -0.793. The Morgan fingerprint density at radius 3 is 2.93 bits per heavy atom. The lowest BCUT2D eigenvalue weighted by molar-refractivity contribution is -0.136. The van der Waals surface area contributed by atoms with E-state index in [1.807, 2.05) is 42.1 Å². The maximum atomic E-state index is 10.5. The van der Waals surface area contributed by atoms with Crippen molar-refractivity contribution in [2.45, 2.75) is 6.42 Å². The molecule has 0 radical (unpaired) electrons. The van der Waals surface area contributed by atoms with Gasteiger partial charge in [0.1, 0.15) is 0 Å². The second-order valence-corrected chi connectivity index (χ2v) is 3.39. The smallest absolute Gasteiger partial charge is 0.307 e. The van der Waals surface area contributed by atoms with Crippen molar-refractivity contribution in [3.05, 3.63) is 36.0 Å². The van der Waals surface area contributed by atoms with Gasteiger partial charge in [0.15, 0.2) is 0 Å². The Bertz CT molecular complexity index is 485. The molecule has 2 rings (SSSR count). The van der Waals surface area contributed by atoms with Crippen molar-refractivity contribution >= 4 is 16.9 Å². The van der Waals surface area contributed by atoms with Gasteiger partial charge >= 0.3 is 5.97 Å². The predicted octanol–water partition coefficient (Wildman–Crippen LogP) is 1.81. The van der Waals surface area contributed by atoms with Crippen LogP contribution in [-0.4, -0.2) is 15.6 Å². The van der Waals surface area contributed by atoms with Crippen LogP contribution < -0.4 is 0 Å². The molecule has 1 aromatic carbocycles. The highest BCUT2D eigenvalue weighted by molar-refractivity contribution is 5.82. The standard InChI is InChI=1S/C11H11NO2/c1-12-5-4-9-3-2-8(6-10(9)12)7-11(13)14/h2-6H,7H2,1H3,(H,13,14). The summed E-state index contributed by atoms with van der Waals surface area (Å²) in [5, 5.41) is 9.79. The van der Waals surface area contributed by atoms with Crippen molar-refractivity contribution in [3.63, 3.8) is 0 Å². The third kappa shape index (κ3) is 1.48. The molecular formula is C11H11NO2. The van der Waals surface area contributed by atoms with Crippen LogP contribution in [0.4, 0.5) is 0 Å². The first kappa shape index (κ1) is 8.81. The molecule has 3 heteroatoms. The van der Waals surface area contributed by atoms with Crippen LogP contribution in [-0.2, 0) is 18.3 Å². The number of fused-ring (bicyclic) bond motifs is 1. The Hall–Kier alpha value is -1.77. The topological polar surface area (TPSA) is 42.2 Å². The molecule has 0 amide bonds. The van der Waals surface area contributed by atoms with Gasteiger partial charge in [0.2, 0.25) is 0 Å². The second kappa shape index (κ2) is 3.18. The Morgan fingerprint density at radius 2 is 2.21 bits per heavy atom. The van der Waals surface area contributed by atoms with Crippen molar-refractivity contribution < 1.29 is 9.90 Å². The molecule has 0 aliphatic carbocycles. The summed E-state index contributed by atoms with van der Waals surface area (Å²) in [6, 6.07) is 7.74. The van der Waals surface area contributed by atoms with Crippen molar-refractivity contribution in [2.75, 3.05) is 0 Å². The molecule has 1 heterocycles. The SMILES string of the molecule is Cn1ccc2ccc(CC(=O)O)cc21. The number of rotatable bonds is 2. The normalized spacial score (nSPS) is 10.6. The van der Waals surface area contributed by atoms with E-state index in [9.17, 15) is 4.79 Å². The Kier molecular flexibility index (Phi) is 2.00. The molecule has 14 heavy (non-hydrogen) atoms. The molecule has 2 aromatic rings. The first-order valence-electron chi connectivity index (χ1n) is 4.42. The Labute approximate surface area is 81.6 Å². The summed E-state index contributed by atoms with van der Waals surface area (Å²) in [6.45, 7) is 0. The van der Waals surface area contributed by atoms with Crippen molar-refractivity contribution in [1.29, 1.82) is 0 Å². The van der Waals surface area contributed by atoms with Crippen molar-refractivity contribution in [2.24, 2.45) is 7.05 Å². The fourth-order valence-corrected chi connectivity index (χ4v) is 1.59. The number of carboxylic acid groups (broad SMARTS) is 1. The minimum absolute atomic E-state index is 0.0844. The molecule has 3 nitrogen and oxygen atoms in total. The first-order valence-corrected chi connectivity index (χ1v) is 4.42. The number of carbonyl (C=O) groups is 1. The van der Waals surface area contributed by atoms with E-state index < -0.39 is 5.97 Å². The van der Waals surface area contributed by atoms with E-state index in [1.165, 1.54) is 0 Å². The zero-order valence-electron chi connectivity index (χ0n) is 7.90. The molecule has 0 saturated carbocycles. The zero-order valence-corrected chi connectivity index (χ0v) is 7.90.